The van der Waals surface area contributed by atoms with Gasteiger partial charge in [0.25, 0.3) is 5.91 Å². The lowest BCUT2D eigenvalue weighted by Gasteiger charge is -2.08. The predicted molar refractivity (Wildman–Crippen MR) is 74.0 cm³/mol. The molecule has 0 bridgehead atoms. The second-order valence-electron chi connectivity index (χ2n) is 4.75. The third-order valence-corrected chi connectivity index (χ3v) is 3.09. The lowest BCUT2D eigenvalue weighted by atomic mass is 10.2. The van der Waals surface area contributed by atoms with Gasteiger partial charge in [-0.1, -0.05) is 0 Å². The Morgan fingerprint density at radius 3 is 2.39 bits per heavy atom. The average Bonchev–Trinajstić information content (AvgIpc) is 2.95. The normalized spacial score (nSPS) is 12.7. The van der Waals surface area contributed by atoms with Crippen molar-refractivity contribution < 1.29 is 27.9 Å². The van der Waals surface area contributed by atoms with Crippen LogP contribution in [0.25, 0.3) is 0 Å². The zero-order chi connectivity index (χ0) is 17.2. The van der Waals surface area contributed by atoms with Gasteiger partial charge in [0.05, 0.1) is 17.3 Å². The van der Waals surface area contributed by atoms with E-state index in [0.29, 0.717) is 0 Å². The maximum absolute atomic E-state index is 12.4. The molecule has 0 saturated heterocycles. The van der Waals surface area contributed by atoms with Crippen LogP contribution in [0.1, 0.15) is 28.9 Å². The lowest BCUT2D eigenvalue weighted by Crippen LogP contribution is -2.16. The predicted octanol–water partition coefficient (Wildman–Crippen LogP) is 2.80. The number of halogens is 3. The fourth-order valence-electron chi connectivity index (χ4n) is 1.73. The quantitative estimate of drug-likeness (QED) is 0.904. The molecule has 2 aromatic rings. The number of carboxylic acids is 1. The monoisotopic (exact) mass is 327 g/mol. The first kappa shape index (κ1) is 16.5. The van der Waals surface area contributed by atoms with Crippen LogP contribution >= 0.6 is 0 Å². The maximum Gasteiger partial charge on any atom is 0.416 e. The number of hydrogen-bond donors (Lipinski definition) is 2. The van der Waals surface area contributed by atoms with Gasteiger partial charge in [0.15, 0.2) is 0 Å². The van der Waals surface area contributed by atoms with Gasteiger partial charge in [-0.05, 0) is 31.2 Å². The molecule has 0 spiro atoms. The Balaban J connectivity index is 2.09. The molecular formula is C14H12F3N3O3. The Bertz CT molecular complexity index is 723. The van der Waals surface area contributed by atoms with E-state index in [4.69, 9.17) is 5.11 Å². The Morgan fingerprint density at radius 2 is 1.87 bits per heavy atom. The van der Waals surface area contributed by atoms with Crippen molar-refractivity contribution in [1.82, 2.24) is 9.78 Å². The van der Waals surface area contributed by atoms with E-state index in [0.717, 1.165) is 28.9 Å². The van der Waals surface area contributed by atoms with Gasteiger partial charge in [0.1, 0.15) is 6.04 Å². The molecule has 23 heavy (non-hydrogen) atoms. The van der Waals surface area contributed by atoms with Gasteiger partial charge in [-0.25, -0.2) is 4.79 Å². The van der Waals surface area contributed by atoms with Crippen molar-refractivity contribution >= 4 is 17.6 Å². The van der Waals surface area contributed by atoms with Crippen LogP contribution in [0.15, 0.2) is 36.7 Å². The number of aromatic nitrogens is 2. The fourth-order valence-corrected chi connectivity index (χ4v) is 1.73. The number of carbonyl (C=O) groups excluding carboxylic acids is 1. The summed E-state index contributed by atoms with van der Waals surface area (Å²) in [6, 6.07) is 3.02. The lowest BCUT2D eigenvalue weighted by molar-refractivity contribution is -0.140. The minimum Gasteiger partial charge on any atom is -0.480 e. The van der Waals surface area contributed by atoms with Crippen LogP contribution in [0, 0.1) is 0 Å². The first-order valence-corrected chi connectivity index (χ1v) is 6.44. The molecule has 1 atom stereocenters. The Hall–Kier alpha value is -2.84. The number of nitrogens with zero attached hydrogens (tertiary/aromatic N) is 2. The minimum atomic E-state index is -4.45. The number of carboxylic acid groups (broad SMARTS) is 1. The van der Waals surface area contributed by atoms with Gasteiger partial charge in [0, 0.05) is 11.9 Å². The second kappa shape index (κ2) is 6.11. The van der Waals surface area contributed by atoms with Crippen LogP contribution in [0.2, 0.25) is 0 Å². The molecule has 1 aromatic carbocycles. The summed E-state index contributed by atoms with van der Waals surface area (Å²) >= 11 is 0. The molecule has 0 aliphatic heterocycles. The number of aliphatic carboxylic acids is 1. The Labute approximate surface area is 128 Å². The van der Waals surface area contributed by atoms with E-state index in [2.05, 4.69) is 10.4 Å². The highest BCUT2D eigenvalue weighted by Gasteiger charge is 2.30. The Morgan fingerprint density at radius 1 is 1.26 bits per heavy atom. The van der Waals surface area contributed by atoms with Crippen LogP contribution in [0.5, 0.6) is 0 Å². The van der Waals surface area contributed by atoms with Gasteiger partial charge in [-0.15, -0.1) is 0 Å². The number of amides is 1. The van der Waals surface area contributed by atoms with Crippen molar-refractivity contribution in [3.8, 4) is 0 Å². The number of alkyl halides is 3. The van der Waals surface area contributed by atoms with Crippen LogP contribution in [0.3, 0.4) is 0 Å². The molecule has 1 unspecified atom stereocenters. The van der Waals surface area contributed by atoms with E-state index >= 15 is 0 Å². The SMILES string of the molecule is CC(C(=O)O)n1cc(C(=O)Nc2ccc(C(F)(F)F)cc2)cn1. The van der Waals surface area contributed by atoms with Crippen molar-refractivity contribution in [2.45, 2.75) is 19.1 Å². The first-order chi connectivity index (χ1) is 10.7. The maximum atomic E-state index is 12.4. The van der Waals surface area contributed by atoms with E-state index in [-0.39, 0.29) is 11.3 Å². The van der Waals surface area contributed by atoms with Crippen molar-refractivity contribution in [3.63, 3.8) is 0 Å². The van der Waals surface area contributed by atoms with Gasteiger partial charge >= 0.3 is 12.1 Å². The summed E-state index contributed by atoms with van der Waals surface area (Å²) in [7, 11) is 0. The molecule has 0 saturated carbocycles. The topological polar surface area (TPSA) is 84.2 Å². The molecule has 122 valence electrons. The highest BCUT2D eigenvalue weighted by molar-refractivity contribution is 6.03. The molecule has 9 heteroatoms. The summed E-state index contributed by atoms with van der Waals surface area (Å²) in [4.78, 5) is 22.8. The van der Waals surface area contributed by atoms with E-state index in [9.17, 15) is 22.8 Å². The van der Waals surface area contributed by atoms with Crippen molar-refractivity contribution in [3.05, 3.63) is 47.8 Å². The molecule has 2 rings (SSSR count). The number of nitrogens with one attached hydrogen (secondary N) is 1. The average molecular weight is 327 g/mol. The number of carbonyl (C=O) groups is 2. The van der Waals surface area contributed by atoms with E-state index < -0.39 is 29.7 Å². The highest BCUT2D eigenvalue weighted by Crippen LogP contribution is 2.29. The fraction of sp³-hybridized carbons (Fsp3) is 0.214. The Kier molecular flexibility index (Phi) is 4.39. The first-order valence-electron chi connectivity index (χ1n) is 6.44. The number of anilines is 1. The summed E-state index contributed by atoms with van der Waals surface area (Å²) < 4.78 is 38.4. The number of hydrogen-bond acceptors (Lipinski definition) is 3. The summed E-state index contributed by atoms with van der Waals surface area (Å²) in [5, 5.41) is 15.0. The molecule has 0 aliphatic carbocycles. The summed E-state index contributed by atoms with van der Waals surface area (Å²) in [5.74, 6) is -1.71. The van der Waals surface area contributed by atoms with Gasteiger partial charge in [-0.2, -0.15) is 18.3 Å². The minimum absolute atomic E-state index is 0.0954. The van der Waals surface area contributed by atoms with Crippen LogP contribution in [-0.4, -0.2) is 26.8 Å². The van der Waals surface area contributed by atoms with E-state index in [1.54, 1.807) is 0 Å². The zero-order valence-electron chi connectivity index (χ0n) is 11.8. The van der Waals surface area contributed by atoms with Crippen LogP contribution in [-0.2, 0) is 11.0 Å². The second-order valence-corrected chi connectivity index (χ2v) is 4.75. The molecule has 1 aromatic heterocycles. The molecule has 0 radical (unpaired) electrons. The molecule has 1 heterocycles. The van der Waals surface area contributed by atoms with Crippen LogP contribution < -0.4 is 5.32 Å². The molecular weight excluding hydrogens is 315 g/mol. The van der Waals surface area contributed by atoms with Crippen molar-refractivity contribution in [2.24, 2.45) is 0 Å². The highest BCUT2D eigenvalue weighted by atomic mass is 19.4. The summed E-state index contributed by atoms with van der Waals surface area (Å²) in [5.41, 5.74) is -0.543. The zero-order valence-corrected chi connectivity index (χ0v) is 11.8. The van der Waals surface area contributed by atoms with Crippen LogP contribution in [0.4, 0.5) is 18.9 Å². The smallest absolute Gasteiger partial charge is 0.416 e. The standard InChI is InChI=1S/C14H12F3N3O3/c1-8(13(22)23)20-7-9(6-18-20)12(21)19-11-4-2-10(3-5-11)14(15,16)17/h2-8H,1H3,(H,19,21)(H,22,23). The number of rotatable bonds is 4. The largest absolute Gasteiger partial charge is 0.480 e. The van der Waals surface area contributed by atoms with E-state index in [1.165, 1.54) is 19.3 Å². The van der Waals surface area contributed by atoms with Gasteiger partial charge in [-0.3, -0.25) is 9.48 Å². The third-order valence-electron chi connectivity index (χ3n) is 3.09. The molecule has 0 aliphatic rings. The summed E-state index contributed by atoms with van der Waals surface area (Å²) in [6.45, 7) is 1.40. The molecule has 1 amide bonds. The van der Waals surface area contributed by atoms with Gasteiger partial charge < -0.3 is 10.4 Å². The van der Waals surface area contributed by atoms with Crippen molar-refractivity contribution in [2.75, 3.05) is 5.32 Å². The van der Waals surface area contributed by atoms with E-state index in [1.807, 2.05) is 0 Å². The molecule has 0 fully saturated rings. The van der Waals surface area contributed by atoms with Crippen molar-refractivity contribution in [1.29, 1.82) is 0 Å². The molecule has 6 nitrogen and oxygen atoms in total. The third kappa shape index (κ3) is 3.87. The van der Waals surface area contributed by atoms with Gasteiger partial charge in [0.2, 0.25) is 0 Å². The molecule has 2 N–H and O–H groups in total. The number of benzene rings is 1. The summed E-state index contributed by atoms with van der Waals surface area (Å²) in [6.07, 6.45) is -2.02.